The molecule has 11 nitrogen and oxygen atoms in total. The minimum Gasteiger partial charge on any atom is -0.507 e. The van der Waals surface area contributed by atoms with E-state index in [0.717, 1.165) is 10.4 Å². The number of amides is 1. The van der Waals surface area contributed by atoms with E-state index in [9.17, 15) is 14.7 Å². The Hall–Kier alpha value is -4.80. The number of carbonyl (C=O) groups excluding carboxylic acids is 1. The van der Waals surface area contributed by atoms with Crippen molar-refractivity contribution in [3.8, 4) is 28.5 Å². The summed E-state index contributed by atoms with van der Waals surface area (Å²) in [6.07, 6.45) is 1.30. The van der Waals surface area contributed by atoms with E-state index in [-0.39, 0.29) is 17.9 Å². The SMILES string of the molecule is O=C(Cn1nnc(-c2ccccc2)n1)N/N=C\c1ccc(-c2ccc(O)c(C(=O)O)c2)o1. The second kappa shape index (κ2) is 8.92. The van der Waals surface area contributed by atoms with Crippen molar-refractivity contribution >= 4 is 18.1 Å². The highest BCUT2D eigenvalue weighted by Gasteiger charge is 2.13. The summed E-state index contributed by atoms with van der Waals surface area (Å²) >= 11 is 0. The molecule has 4 rings (SSSR count). The van der Waals surface area contributed by atoms with Crippen LogP contribution in [0.3, 0.4) is 0 Å². The molecule has 2 heterocycles. The van der Waals surface area contributed by atoms with Crippen LogP contribution in [-0.4, -0.2) is 48.5 Å². The van der Waals surface area contributed by atoms with Crippen molar-refractivity contribution in [1.82, 2.24) is 25.6 Å². The van der Waals surface area contributed by atoms with Gasteiger partial charge in [-0.15, -0.1) is 10.2 Å². The number of carboxylic acid groups (broad SMARTS) is 1. The number of phenols is 1. The van der Waals surface area contributed by atoms with Crippen molar-refractivity contribution in [3.63, 3.8) is 0 Å². The number of aromatic hydroxyl groups is 1. The molecule has 3 N–H and O–H groups in total. The zero-order valence-corrected chi connectivity index (χ0v) is 16.4. The van der Waals surface area contributed by atoms with Gasteiger partial charge in [-0.05, 0) is 35.5 Å². The molecule has 2 aromatic heterocycles. The summed E-state index contributed by atoms with van der Waals surface area (Å²) in [5.74, 6) is -0.941. The summed E-state index contributed by atoms with van der Waals surface area (Å²) in [6, 6.07) is 16.6. The van der Waals surface area contributed by atoms with Gasteiger partial charge in [0.05, 0.1) is 6.21 Å². The van der Waals surface area contributed by atoms with Crippen LogP contribution in [0.4, 0.5) is 0 Å². The Balaban J connectivity index is 1.35. The molecular formula is C21H16N6O5. The molecule has 0 unspecified atom stereocenters. The van der Waals surface area contributed by atoms with Crippen LogP contribution in [0.5, 0.6) is 5.75 Å². The number of benzene rings is 2. The third-order valence-electron chi connectivity index (χ3n) is 4.29. The molecule has 160 valence electrons. The van der Waals surface area contributed by atoms with Crippen LogP contribution in [0.25, 0.3) is 22.7 Å². The normalized spacial score (nSPS) is 11.0. The molecule has 11 heteroatoms. The summed E-state index contributed by atoms with van der Waals surface area (Å²) in [4.78, 5) is 24.4. The number of hydrogen-bond acceptors (Lipinski definition) is 8. The predicted molar refractivity (Wildman–Crippen MR) is 112 cm³/mol. The summed E-state index contributed by atoms with van der Waals surface area (Å²) in [5, 5.41) is 34.5. The number of aromatic carboxylic acids is 1. The molecule has 0 aliphatic rings. The van der Waals surface area contributed by atoms with Gasteiger partial charge in [0.15, 0.2) is 0 Å². The van der Waals surface area contributed by atoms with Gasteiger partial charge >= 0.3 is 5.97 Å². The molecular weight excluding hydrogens is 416 g/mol. The van der Waals surface area contributed by atoms with Crippen molar-refractivity contribution < 1.29 is 24.2 Å². The van der Waals surface area contributed by atoms with Gasteiger partial charge in [0.1, 0.15) is 29.4 Å². The molecule has 0 bridgehead atoms. The monoisotopic (exact) mass is 432 g/mol. The maximum atomic E-state index is 12.0. The number of aromatic nitrogens is 4. The highest BCUT2D eigenvalue weighted by Crippen LogP contribution is 2.27. The Bertz CT molecular complexity index is 1300. The Morgan fingerprint density at radius 1 is 1.09 bits per heavy atom. The number of nitrogens with one attached hydrogen (secondary N) is 1. The largest absolute Gasteiger partial charge is 0.507 e. The highest BCUT2D eigenvalue weighted by molar-refractivity contribution is 5.92. The van der Waals surface area contributed by atoms with Gasteiger partial charge in [-0.25, -0.2) is 10.2 Å². The molecule has 2 aromatic carbocycles. The van der Waals surface area contributed by atoms with Gasteiger partial charge in [-0.2, -0.15) is 9.90 Å². The van der Waals surface area contributed by atoms with E-state index >= 15 is 0 Å². The summed E-state index contributed by atoms with van der Waals surface area (Å²) in [7, 11) is 0. The highest BCUT2D eigenvalue weighted by atomic mass is 16.4. The maximum absolute atomic E-state index is 12.0. The molecule has 0 radical (unpaired) electrons. The van der Waals surface area contributed by atoms with Gasteiger partial charge in [0.25, 0.3) is 5.91 Å². The lowest BCUT2D eigenvalue weighted by Crippen LogP contribution is -2.24. The Kier molecular flexibility index (Phi) is 5.70. The van der Waals surface area contributed by atoms with E-state index in [1.165, 1.54) is 24.4 Å². The molecule has 0 aliphatic carbocycles. The van der Waals surface area contributed by atoms with E-state index < -0.39 is 11.9 Å². The second-order valence-electron chi connectivity index (χ2n) is 6.54. The van der Waals surface area contributed by atoms with Crippen LogP contribution < -0.4 is 5.43 Å². The minimum atomic E-state index is -1.25. The Labute approximate surface area is 180 Å². The fourth-order valence-electron chi connectivity index (χ4n) is 2.78. The van der Waals surface area contributed by atoms with E-state index in [2.05, 4.69) is 25.9 Å². The van der Waals surface area contributed by atoms with Crippen molar-refractivity contribution in [2.75, 3.05) is 0 Å². The topological polar surface area (TPSA) is 156 Å². The molecule has 0 saturated carbocycles. The molecule has 1 amide bonds. The Morgan fingerprint density at radius 3 is 2.69 bits per heavy atom. The average Bonchev–Trinajstić information content (AvgIpc) is 3.44. The van der Waals surface area contributed by atoms with Crippen LogP contribution in [0.1, 0.15) is 16.1 Å². The number of carbonyl (C=O) groups is 2. The number of hydrazone groups is 1. The maximum Gasteiger partial charge on any atom is 0.339 e. The van der Waals surface area contributed by atoms with Gasteiger partial charge < -0.3 is 14.6 Å². The van der Waals surface area contributed by atoms with Gasteiger partial charge in [-0.1, -0.05) is 30.3 Å². The minimum absolute atomic E-state index is 0.175. The van der Waals surface area contributed by atoms with E-state index in [1.807, 2.05) is 30.3 Å². The lowest BCUT2D eigenvalue weighted by molar-refractivity contribution is -0.122. The molecule has 0 spiro atoms. The quantitative estimate of drug-likeness (QED) is 0.296. The van der Waals surface area contributed by atoms with Crippen molar-refractivity contribution in [1.29, 1.82) is 0 Å². The van der Waals surface area contributed by atoms with Crippen molar-refractivity contribution in [2.45, 2.75) is 6.54 Å². The molecule has 0 saturated heterocycles. The number of hydrogen-bond donors (Lipinski definition) is 3. The summed E-state index contributed by atoms with van der Waals surface area (Å²) in [6.45, 7) is -0.175. The lowest BCUT2D eigenvalue weighted by Gasteiger charge is -2.02. The third kappa shape index (κ3) is 4.67. The van der Waals surface area contributed by atoms with Gasteiger partial charge in [0, 0.05) is 11.1 Å². The van der Waals surface area contributed by atoms with Crippen LogP contribution in [0.15, 0.2) is 70.2 Å². The first-order valence-corrected chi connectivity index (χ1v) is 9.31. The number of nitrogens with zero attached hydrogens (tertiary/aromatic N) is 5. The van der Waals surface area contributed by atoms with E-state index in [4.69, 9.17) is 9.52 Å². The van der Waals surface area contributed by atoms with Crippen LogP contribution in [0, 0.1) is 0 Å². The predicted octanol–water partition coefficient (Wildman–Crippen LogP) is 2.15. The number of carboxylic acids is 1. The summed E-state index contributed by atoms with van der Waals surface area (Å²) in [5.41, 5.74) is 3.36. The smallest absolute Gasteiger partial charge is 0.339 e. The number of tetrazole rings is 1. The second-order valence-corrected chi connectivity index (χ2v) is 6.54. The molecule has 0 fully saturated rings. The molecule has 0 aliphatic heterocycles. The lowest BCUT2D eigenvalue weighted by atomic mass is 10.1. The van der Waals surface area contributed by atoms with Gasteiger partial charge in [-0.3, -0.25) is 4.79 Å². The van der Waals surface area contributed by atoms with Gasteiger partial charge in [0.2, 0.25) is 5.82 Å². The Morgan fingerprint density at radius 2 is 1.91 bits per heavy atom. The zero-order valence-electron chi connectivity index (χ0n) is 16.4. The van der Waals surface area contributed by atoms with Crippen LogP contribution in [-0.2, 0) is 11.3 Å². The third-order valence-corrected chi connectivity index (χ3v) is 4.29. The molecule has 4 aromatic rings. The van der Waals surface area contributed by atoms with E-state index in [1.54, 1.807) is 12.1 Å². The van der Waals surface area contributed by atoms with E-state index in [0.29, 0.717) is 22.9 Å². The first-order valence-electron chi connectivity index (χ1n) is 9.31. The average molecular weight is 432 g/mol. The number of furan rings is 1. The van der Waals surface area contributed by atoms with Crippen molar-refractivity contribution in [2.24, 2.45) is 5.10 Å². The zero-order chi connectivity index (χ0) is 22.5. The number of rotatable bonds is 7. The van der Waals surface area contributed by atoms with Crippen LogP contribution >= 0.6 is 0 Å². The molecule has 0 atom stereocenters. The standard InChI is InChI=1S/C21H16N6O5/c28-17-8-6-14(10-16(17)21(30)31)18-9-7-15(32-18)11-22-23-19(29)12-27-25-20(24-26-27)13-4-2-1-3-5-13/h1-11,28H,12H2,(H,23,29)(H,30,31)/b22-11-. The fourth-order valence-corrected chi connectivity index (χ4v) is 2.78. The van der Waals surface area contributed by atoms with Crippen molar-refractivity contribution in [3.05, 3.63) is 72.0 Å². The molecule has 32 heavy (non-hydrogen) atoms. The fraction of sp³-hybridized carbons (Fsp3) is 0.0476. The first kappa shape index (κ1) is 20.5. The van der Waals surface area contributed by atoms with Crippen LogP contribution in [0.2, 0.25) is 0 Å². The summed E-state index contributed by atoms with van der Waals surface area (Å²) < 4.78 is 5.58. The first-order chi connectivity index (χ1) is 15.5.